The number of aromatic nitrogens is 2. The maximum Gasteiger partial charge on any atom is 0.307 e. The molecule has 1 aromatic rings. The minimum Gasteiger partial charge on any atom is -0.353 e. The average Bonchev–Trinajstić information content (AvgIpc) is 2.83. The summed E-state index contributed by atoms with van der Waals surface area (Å²) < 4.78 is 1.25. The molecule has 1 heterocycles. The summed E-state index contributed by atoms with van der Waals surface area (Å²) in [6.07, 6.45) is 2.37. The Morgan fingerprint density at radius 3 is 2.74 bits per heavy atom. The van der Waals surface area contributed by atoms with Gasteiger partial charge in [-0.05, 0) is 13.1 Å². The van der Waals surface area contributed by atoms with Gasteiger partial charge in [0.2, 0.25) is 5.91 Å². The van der Waals surface area contributed by atoms with E-state index in [9.17, 15) is 14.9 Å². The van der Waals surface area contributed by atoms with E-state index in [1.807, 2.05) is 0 Å². The predicted octanol–water partition coefficient (Wildman–Crippen LogP) is 0.249. The van der Waals surface area contributed by atoms with E-state index in [1.165, 1.54) is 10.9 Å². The number of carbonyl (C=O) groups is 1. The number of likely N-dealkylation sites (N-methyl/N-ethyl adjacent to an activating group) is 1. The van der Waals surface area contributed by atoms with Gasteiger partial charge in [-0.1, -0.05) is 13.8 Å². The monoisotopic (exact) mass is 269 g/mol. The van der Waals surface area contributed by atoms with Crippen LogP contribution in [0.1, 0.15) is 13.8 Å². The van der Waals surface area contributed by atoms with Gasteiger partial charge in [0, 0.05) is 13.1 Å². The maximum atomic E-state index is 11.6. The van der Waals surface area contributed by atoms with Crippen LogP contribution in [0.15, 0.2) is 12.4 Å². The normalized spacial score (nSPS) is 10.7. The second kappa shape index (κ2) is 7.47. The Kier molecular flexibility index (Phi) is 5.94. The Morgan fingerprint density at radius 2 is 2.21 bits per heavy atom. The number of nitro groups is 1. The van der Waals surface area contributed by atoms with Gasteiger partial charge < -0.3 is 10.2 Å². The highest BCUT2D eigenvalue weighted by atomic mass is 16.6. The molecular weight excluding hydrogens is 250 g/mol. The number of nitrogens with zero attached hydrogens (tertiary/aromatic N) is 4. The molecule has 1 N–H and O–H groups in total. The molecule has 1 rings (SSSR count). The van der Waals surface area contributed by atoms with Crippen LogP contribution in [-0.2, 0) is 11.3 Å². The molecule has 1 amide bonds. The largest absolute Gasteiger partial charge is 0.353 e. The lowest BCUT2D eigenvalue weighted by Crippen LogP contribution is -2.36. The third-order valence-corrected chi connectivity index (χ3v) is 2.78. The molecule has 0 unspecified atom stereocenters. The molecular formula is C11H19N5O3. The molecule has 0 aromatic carbocycles. The van der Waals surface area contributed by atoms with Crippen LogP contribution in [0.2, 0.25) is 0 Å². The van der Waals surface area contributed by atoms with Crippen molar-refractivity contribution in [2.45, 2.75) is 20.4 Å². The number of hydrogen-bond acceptors (Lipinski definition) is 5. The van der Waals surface area contributed by atoms with Crippen molar-refractivity contribution >= 4 is 11.6 Å². The lowest BCUT2D eigenvalue weighted by Gasteiger charge is -2.17. The third kappa shape index (κ3) is 5.04. The van der Waals surface area contributed by atoms with E-state index in [4.69, 9.17) is 0 Å². The molecule has 0 saturated heterocycles. The second-order valence-corrected chi connectivity index (χ2v) is 4.03. The van der Waals surface area contributed by atoms with Crippen LogP contribution in [0.25, 0.3) is 0 Å². The molecule has 0 aliphatic carbocycles. The first-order valence-electron chi connectivity index (χ1n) is 6.22. The van der Waals surface area contributed by atoms with E-state index in [0.717, 1.165) is 25.8 Å². The highest BCUT2D eigenvalue weighted by Crippen LogP contribution is 2.07. The third-order valence-electron chi connectivity index (χ3n) is 2.78. The SMILES string of the molecule is CCN(CC)CCNC(=O)Cn1cc([N+](=O)[O-])cn1. The zero-order chi connectivity index (χ0) is 14.3. The van der Waals surface area contributed by atoms with Crippen LogP contribution >= 0.6 is 0 Å². The first-order chi connectivity index (χ1) is 9.06. The van der Waals surface area contributed by atoms with E-state index >= 15 is 0 Å². The van der Waals surface area contributed by atoms with E-state index < -0.39 is 4.92 Å². The molecule has 8 heteroatoms. The fraction of sp³-hybridized carbons (Fsp3) is 0.636. The zero-order valence-corrected chi connectivity index (χ0v) is 11.2. The minimum absolute atomic E-state index is 0.00785. The lowest BCUT2D eigenvalue weighted by atomic mass is 10.4. The van der Waals surface area contributed by atoms with E-state index in [-0.39, 0.29) is 18.1 Å². The molecule has 0 spiro atoms. The van der Waals surface area contributed by atoms with Crippen molar-refractivity contribution < 1.29 is 9.72 Å². The van der Waals surface area contributed by atoms with Gasteiger partial charge in [0.15, 0.2) is 0 Å². The van der Waals surface area contributed by atoms with E-state index in [1.54, 1.807) is 0 Å². The predicted molar refractivity (Wildman–Crippen MR) is 69.7 cm³/mol. The molecule has 0 aliphatic rings. The minimum atomic E-state index is -0.540. The molecule has 0 bridgehead atoms. The molecule has 0 radical (unpaired) electrons. The quantitative estimate of drug-likeness (QED) is 0.539. The molecule has 106 valence electrons. The topological polar surface area (TPSA) is 93.3 Å². The summed E-state index contributed by atoms with van der Waals surface area (Å²) >= 11 is 0. The highest BCUT2D eigenvalue weighted by Gasteiger charge is 2.11. The lowest BCUT2D eigenvalue weighted by molar-refractivity contribution is -0.385. The number of nitrogens with one attached hydrogen (secondary N) is 1. The van der Waals surface area contributed by atoms with Gasteiger partial charge in [-0.2, -0.15) is 5.10 Å². The van der Waals surface area contributed by atoms with Crippen molar-refractivity contribution in [3.05, 3.63) is 22.5 Å². The van der Waals surface area contributed by atoms with Crippen molar-refractivity contribution in [3.8, 4) is 0 Å². The molecule has 1 aromatic heterocycles. The first-order valence-corrected chi connectivity index (χ1v) is 6.22. The number of carbonyl (C=O) groups excluding carboxylic acids is 1. The van der Waals surface area contributed by atoms with Crippen LogP contribution in [0.4, 0.5) is 5.69 Å². The van der Waals surface area contributed by atoms with Crippen molar-refractivity contribution in [2.24, 2.45) is 0 Å². The number of rotatable bonds is 8. The van der Waals surface area contributed by atoms with E-state index in [2.05, 4.69) is 29.2 Å². The number of amides is 1. The molecule has 19 heavy (non-hydrogen) atoms. The van der Waals surface area contributed by atoms with Crippen LogP contribution in [-0.4, -0.2) is 51.7 Å². The van der Waals surface area contributed by atoms with Crippen molar-refractivity contribution in [2.75, 3.05) is 26.2 Å². The molecule has 0 saturated carbocycles. The van der Waals surface area contributed by atoms with Gasteiger partial charge in [0.1, 0.15) is 18.9 Å². The summed E-state index contributed by atoms with van der Waals surface area (Å²) in [5.41, 5.74) is -0.115. The number of hydrogen-bond donors (Lipinski definition) is 1. The Morgan fingerprint density at radius 1 is 1.53 bits per heavy atom. The first kappa shape index (κ1) is 15.1. The second-order valence-electron chi connectivity index (χ2n) is 4.03. The van der Waals surface area contributed by atoms with Crippen LogP contribution in [0.5, 0.6) is 0 Å². The van der Waals surface area contributed by atoms with E-state index in [0.29, 0.717) is 6.54 Å². The smallest absolute Gasteiger partial charge is 0.307 e. The van der Waals surface area contributed by atoms with Crippen molar-refractivity contribution in [1.82, 2.24) is 20.0 Å². The van der Waals surface area contributed by atoms with Crippen molar-refractivity contribution in [3.63, 3.8) is 0 Å². The summed E-state index contributed by atoms with van der Waals surface area (Å²) in [5, 5.41) is 17.0. The molecule has 0 aliphatic heterocycles. The summed E-state index contributed by atoms with van der Waals surface area (Å²) in [6, 6.07) is 0. The fourth-order valence-corrected chi connectivity index (χ4v) is 1.63. The van der Waals surface area contributed by atoms with Crippen LogP contribution in [0.3, 0.4) is 0 Å². The Labute approximate surface area is 111 Å². The molecule has 8 nitrogen and oxygen atoms in total. The van der Waals surface area contributed by atoms with Crippen molar-refractivity contribution in [1.29, 1.82) is 0 Å². The van der Waals surface area contributed by atoms with Crippen LogP contribution < -0.4 is 5.32 Å². The fourth-order valence-electron chi connectivity index (χ4n) is 1.63. The summed E-state index contributed by atoms with van der Waals surface area (Å²) in [4.78, 5) is 23.7. The standard InChI is InChI=1S/C11H19N5O3/c1-3-14(4-2)6-5-12-11(17)9-15-8-10(7-13-15)16(18)19/h7-8H,3-6,9H2,1-2H3,(H,12,17). The van der Waals surface area contributed by atoms with Crippen LogP contribution in [0, 0.1) is 10.1 Å². The molecule has 0 atom stereocenters. The molecule has 0 fully saturated rings. The summed E-state index contributed by atoms with van der Waals surface area (Å²) in [5.74, 6) is -0.204. The van der Waals surface area contributed by atoms with Gasteiger partial charge in [-0.25, -0.2) is 0 Å². The Bertz CT molecular complexity index is 428. The highest BCUT2D eigenvalue weighted by molar-refractivity contribution is 5.75. The van der Waals surface area contributed by atoms with Gasteiger partial charge in [0.25, 0.3) is 0 Å². The summed E-state index contributed by atoms with van der Waals surface area (Å²) in [6.45, 7) is 7.35. The van der Waals surface area contributed by atoms with Gasteiger partial charge in [0.05, 0.1) is 4.92 Å². The van der Waals surface area contributed by atoms with Gasteiger partial charge in [-0.3, -0.25) is 19.6 Å². The summed E-state index contributed by atoms with van der Waals surface area (Å²) in [7, 11) is 0. The van der Waals surface area contributed by atoms with Gasteiger partial charge >= 0.3 is 5.69 Å². The maximum absolute atomic E-state index is 11.6. The zero-order valence-electron chi connectivity index (χ0n) is 11.2. The Balaban J connectivity index is 2.32. The van der Waals surface area contributed by atoms with Gasteiger partial charge in [-0.15, -0.1) is 0 Å². The Hall–Kier alpha value is -1.96. The average molecular weight is 269 g/mol.